The van der Waals surface area contributed by atoms with Crippen LogP contribution in [0.1, 0.15) is 60.1 Å². The quantitative estimate of drug-likeness (QED) is 0.844. The lowest BCUT2D eigenvalue weighted by atomic mass is 10.1. The van der Waals surface area contributed by atoms with Crippen LogP contribution < -0.4 is 5.56 Å². The Labute approximate surface area is 151 Å². The molecule has 1 atom stereocenters. The van der Waals surface area contributed by atoms with E-state index < -0.39 is 0 Å². The third-order valence-electron chi connectivity index (χ3n) is 5.84. The highest BCUT2D eigenvalue weighted by Crippen LogP contribution is 2.36. The van der Waals surface area contributed by atoms with Crippen molar-refractivity contribution in [2.24, 2.45) is 5.92 Å². The number of rotatable bonds is 3. The van der Waals surface area contributed by atoms with Crippen LogP contribution in [0.15, 0.2) is 4.79 Å². The van der Waals surface area contributed by atoms with E-state index in [9.17, 15) is 9.59 Å². The molecule has 6 heteroatoms. The first-order chi connectivity index (χ1) is 12.0. The van der Waals surface area contributed by atoms with Crippen molar-refractivity contribution in [3.8, 4) is 0 Å². The van der Waals surface area contributed by atoms with Gasteiger partial charge in [0, 0.05) is 26.1 Å². The van der Waals surface area contributed by atoms with Crippen LogP contribution in [0.5, 0.6) is 0 Å². The number of amides is 1. The molecule has 0 radical (unpaired) electrons. The summed E-state index contributed by atoms with van der Waals surface area (Å²) in [4.78, 5) is 34.0. The van der Waals surface area contributed by atoms with Gasteiger partial charge in [0.2, 0.25) is 0 Å². The van der Waals surface area contributed by atoms with Crippen LogP contribution in [-0.4, -0.2) is 33.4 Å². The third kappa shape index (κ3) is 2.80. The van der Waals surface area contributed by atoms with Gasteiger partial charge in [-0.1, -0.05) is 6.42 Å². The number of aryl methyl sites for hydroxylation is 2. The summed E-state index contributed by atoms with van der Waals surface area (Å²) in [5, 5.41) is 0.645. The second-order valence-corrected chi connectivity index (χ2v) is 8.52. The summed E-state index contributed by atoms with van der Waals surface area (Å²) < 4.78 is 1.83. The van der Waals surface area contributed by atoms with Gasteiger partial charge in [0.1, 0.15) is 10.7 Å². The van der Waals surface area contributed by atoms with Crippen molar-refractivity contribution in [3.05, 3.63) is 26.6 Å². The number of aromatic nitrogens is 2. The smallest absolute Gasteiger partial charge is 0.264 e. The van der Waals surface area contributed by atoms with Crippen LogP contribution in [0.4, 0.5) is 0 Å². The Kier molecular flexibility index (Phi) is 4.18. The summed E-state index contributed by atoms with van der Waals surface area (Å²) >= 11 is 1.39. The van der Waals surface area contributed by atoms with Gasteiger partial charge in [0.25, 0.3) is 11.5 Å². The molecule has 5 nitrogen and oxygen atoms in total. The summed E-state index contributed by atoms with van der Waals surface area (Å²) in [6, 6.07) is 0.253. The Morgan fingerprint density at radius 1 is 1.32 bits per heavy atom. The molecule has 0 aromatic carbocycles. The van der Waals surface area contributed by atoms with E-state index in [0.29, 0.717) is 16.2 Å². The standard InChI is InChI=1S/C19H25N3O2S/c1-11-15-17(20-14-7-5-4-6-10-22(14)18(15)23)25-16(11)19(24)21(3)12(2)13-8-9-13/h12-13H,4-10H2,1-3H3. The molecule has 2 aliphatic rings. The van der Waals surface area contributed by atoms with E-state index in [0.717, 1.165) is 48.4 Å². The van der Waals surface area contributed by atoms with Crippen molar-refractivity contribution >= 4 is 27.5 Å². The van der Waals surface area contributed by atoms with Gasteiger partial charge >= 0.3 is 0 Å². The summed E-state index contributed by atoms with van der Waals surface area (Å²) in [6.07, 6.45) is 6.51. The van der Waals surface area contributed by atoms with Gasteiger partial charge in [0.15, 0.2) is 0 Å². The lowest BCUT2D eigenvalue weighted by Gasteiger charge is -2.24. The molecule has 1 fully saturated rings. The highest BCUT2D eigenvalue weighted by atomic mass is 32.1. The summed E-state index contributed by atoms with van der Waals surface area (Å²) in [5.41, 5.74) is 0.837. The third-order valence-corrected chi connectivity index (χ3v) is 7.01. The van der Waals surface area contributed by atoms with Gasteiger partial charge in [-0.2, -0.15) is 0 Å². The van der Waals surface area contributed by atoms with Crippen LogP contribution >= 0.6 is 11.3 Å². The van der Waals surface area contributed by atoms with E-state index in [1.165, 1.54) is 24.2 Å². The minimum Gasteiger partial charge on any atom is -0.338 e. The first kappa shape index (κ1) is 16.8. The van der Waals surface area contributed by atoms with Crippen molar-refractivity contribution < 1.29 is 4.79 Å². The monoisotopic (exact) mass is 359 g/mol. The molecule has 1 unspecified atom stereocenters. The second-order valence-electron chi connectivity index (χ2n) is 7.53. The van der Waals surface area contributed by atoms with Gasteiger partial charge in [-0.05, 0) is 51.0 Å². The number of carbonyl (C=O) groups excluding carboxylic acids is 1. The molecule has 2 aromatic rings. The average molecular weight is 359 g/mol. The number of thiophene rings is 1. The molecule has 1 amide bonds. The molecular weight excluding hydrogens is 334 g/mol. The van der Waals surface area contributed by atoms with Crippen LogP contribution in [0.3, 0.4) is 0 Å². The van der Waals surface area contributed by atoms with Crippen molar-refractivity contribution in [1.82, 2.24) is 14.5 Å². The SMILES string of the molecule is Cc1c(C(=O)N(C)C(C)C2CC2)sc2nc3n(c(=O)c12)CCCCC3. The second kappa shape index (κ2) is 6.24. The van der Waals surface area contributed by atoms with Crippen molar-refractivity contribution in [2.75, 3.05) is 7.05 Å². The fraction of sp³-hybridized carbons (Fsp3) is 0.632. The molecule has 0 saturated heterocycles. The van der Waals surface area contributed by atoms with E-state index in [1.54, 1.807) is 0 Å². The van der Waals surface area contributed by atoms with Crippen LogP contribution in [0.25, 0.3) is 10.2 Å². The Bertz CT molecular complexity index is 894. The maximum absolute atomic E-state index is 13.0. The largest absolute Gasteiger partial charge is 0.338 e. The molecule has 3 heterocycles. The normalized spacial score (nSPS) is 18.7. The molecule has 1 aliphatic carbocycles. The molecule has 2 aromatic heterocycles. The van der Waals surface area contributed by atoms with Gasteiger partial charge in [0.05, 0.1) is 10.3 Å². The number of fused-ring (bicyclic) bond motifs is 2. The Hall–Kier alpha value is -1.69. The van der Waals surface area contributed by atoms with E-state index >= 15 is 0 Å². The Morgan fingerprint density at radius 2 is 2.08 bits per heavy atom. The highest BCUT2D eigenvalue weighted by Gasteiger charge is 2.34. The summed E-state index contributed by atoms with van der Waals surface area (Å²) in [5.74, 6) is 1.54. The van der Waals surface area contributed by atoms with Crippen molar-refractivity contribution in [3.63, 3.8) is 0 Å². The lowest BCUT2D eigenvalue weighted by Crippen LogP contribution is -2.36. The summed E-state index contributed by atoms with van der Waals surface area (Å²) in [6.45, 7) is 4.76. The van der Waals surface area contributed by atoms with Crippen molar-refractivity contribution in [1.29, 1.82) is 0 Å². The lowest BCUT2D eigenvalue weighted by molar-refractivity contribution is 0.0731. The number of nitrogens with zero attached hydrogens (tertiary/aromatic N) is 3. The number of carbonyl (C=O) groups is 1. The molecule has 0 bridgehead atoms. The van der Waals surface area contributed by atoms with E-state index in [-0.39, 0.29) is 17.5 Å². The topological polar surface area (TPSA) is 55.2 Å². The average Bonchev–Trinajstić information content (AvgIpc) is 3.40. The van der Waals surface area contributed by atoms with E-state index in [4.69, 9.17) is 4.98 Å². The number of hydrogen-bond donors (Lipinski definition) is 0. The molecule has 1 aliphatic heterocycles. The molecule has 4 rings (SSSR count). The van der Waals surface area contributed by atoms with Gasteiger partial charge < -0.3 is 4.90 Å². The van der Waals surface area contributed by atoms with Gasteiger partial charge in [-0.15, -0.1) is 11.3 Å². The molecule has 1 saturated carbocycles. The van der Waals surface area contributed by atoms with Crippen molar-refractivity contribution in [2.45, 2.75) is 65.0 Å². The highest BCUT2D eigenvalue weighted by molar-refractivity contribution is 7.20. The van der Waals surface area contributed by atoms with Crippen LogP contribution in [-0.2, 0) is 13.0 Å². The predicted octanol–water partition coefficient (Wildman–Crippen LogP) is 3.36. The Morgan fingerprint density at radius 3 is 2.80 bits per heavy atom. The van der Waals surface area contributed by atoms with Crippen LogP contribution in [0.2, 0.25) is 0 Å². The van der Waals surface area contributed by atoms with Gasteiger partial charge in [-0.25, -0.2) is 4.98 Å². The zero-order valence-corrected chi connectivity index (χ0v) is 16.0. The maximum Gasteiger partial charge on any atom is 0.264 e. The molecular formula is C19H25N3O2S. The number of hydrogen-bond acceptors (Lipinski definition) is 4. The zero-order chi connectivity index (χ0) is 17.7. The molecule has 0 spiro atoms. The molecule has 25 heavy (non-hydrogen) atoms. The van der Waals surface area contributed by atoms with Gasteiger partial charge in [-0.3, -0.25) is 14.2 Å². The van der Waals surface area contributed by atoms with E-state index in [2.05, 4.69) is 6.92 Å². The molecule has 0 N–H and O–H groups in total. The molecule has 134 valence electrons. The Balaban J connectivity index is 1.78. The maximum atomic E-state index is 13.0. The fourth-order valence-electron chi connectivity index (χ4n) is 3.85. The fourth-order valence-corrected chi connectivity index (χ4v) is 5.03. The minimum atomic E-state index is 0.0273. The predicted molar refractivity (Wildman–Crippen MR) is 100 cm³/mol. The summed E-state index contributed by atoms with van der Waals surface area (Å²) in [7, 11) is 1.88. The first-order valence-electron chi connectivity index (χ1n) is 9.29. The zero-order valence-electron chi connectivity index (χ0n) is 15.2. The minimum absolute atomic E-state index is 0.0273. The first-order valence-corrected chi connectivity index (χ1v) is 10.1. The van der Waals surface area contributed by atoms with Crippen LogP contribution in [0, 0.1) is 12.8 Å². The van der Waals surface area contributed by atoms with E-state index in [1.807, 2.05) is 23.4 Å².